The molecule has 0 aliphatic carbocycles. The molecule has 2 aromatic heterocycles. The molecule has 0 amide bonds. The van der Waals surface area contributed by atoms with Gasteiger partial charge in [-0.1, -0.05) is 0 Å². The van der Waals surface area contributed by atoms with Gasteiger partial charge in [0.1, 0.15) is 5.01 Å². The van der Waals surface area contributed by atoms with Gasteiger partial charge in [0.25, 0.3) is 0 Å². The standard InChI is InChI=1S/C8H7BrN2S2/c9-5-1-2-12-8(5)6-4-11-7(3-10)13-6/h1-2,4H,3,10H2. The lowest BCUT2D eigenvalue weighted by atomic mass is 10.4. The molecular formula is C8H7BrN2S2. The van der Waals surface area contributed by atoms with Gasteiger partial charge in [-0.2, -0.15) is 0 Å². The van der Waals surface area contributed by atoms with Crippen molar-refractivity contribution in [2.45, 2.75) is 6.54 Å². The summed E-state index contributed by atoms with van der Waals surface area (Å²) in [5.41, 5.74) is 5.49. The summed E-state index contributed by atoms with van der Waals surface area (Å²) in [6, 6.07) is 2.04. The number of halogens is 1. The molecule has 0 aliphatic rings. The smallest absolute Gasteiger partial charge is 0.107 e. The third kappa shape index (κ3) is 1.83. The molecule has 0 radical (unpaired) electrons. The van der Waals surface area contributed by atoms with Gasteiger partial charge in [-0.25, -0.2) is 4.98 Å². The van der Waals surface area contributed by atoms with Gasteiger partial charge in [0.15, 0.2) is 0 Å². The van der Waals surface area contributed by atoms with Crippen LogP contribution in [0.3, 0.4) is 0 Å². The highest BCUT2D eigenvalue weighted by molar-refractivity contribution is 9.10. The molecule has 2 rings (SSSR count). The van der Waals surface area contributed by atoms with Crippen LogP contribution in [0.1, 0.15) is 5.01 Å². The van der Waals surface area contributed by atoms with Crippen LogP contribution in [0.15, 0.2) is 22.1 Å². The lowest BCUT2D eigenvalue weighted by molar-refractivity contribution is 1.04. The van der Waals surface area contributed by atoms with E-state index in [1.807, 2.05) is 12.3 Å². The van der Waals surface area contributed by atoms with Gasteiger partial charge in [-0.15, -0.1) is 22.7 Å². The van der Waals surface area contributed by atoms with Crippen LogP contribution < -0.4 is 5.73 Å². The lowest BCUT2D eigenvalue weighted by Crippen LogP contribution is -1.93. The molecule has 2 nitrogen and oxygen atoms in total. The molecule has 0 aromatic carbocycles. The first kappa shape index (κ1) is 9.33. The number of nitrogens with two attached hydrogens (primary N) is 1. The fraction of sp³-hybridized carbons (Fsp3) is 0.125. The molecule has 0 unspecified atom stereocenters. The van der Waals surface area contributed by atoms with Crippen molar-refractivity contribution >= 4 is 38.6 Å². The summed E-state index contributed by atoms with van der Waals surface area (Å²) in [6.45, 7) is 0.521. The Labute approximate surface area is 92.6 Å². The summed E-state index contributed by atoms with van der Waals surface area (Å²) >= 11 is 6.85. The third-order valence-electron chi connectivity index (χ3n) is 1.57. The van der Waals surface area contributed by atoms with E-state index < -0.39 is 0 Å². The number of rotatable bonds is 2. The topological polar surface area (TPSA) is 38.9 Å². The summed E-state index contributed by atoms with van der Waals surface area (Å²) in [7, 11) is 0. The third-order valence-corrected chi connectivity index (χ3v) is 4.61. The first-order chi connectivity index (χ1) is 6.31. The number of aromatic nitrogens is 1. The Morgan fingerprint density at radius 1 is 1.54 bits per heavy atom. The predicted molar refractivity (Wildman–Crippen MR) is 61.0 cm³/mol. The maximum atomic E-state index is 5.49. The van der Waals surface area contributed by atoms with E-state index in [0.717, 1.165) is 9.48 Å². The summed E-state index contributed by atoms with van der Waals surface area (Å²) in [4.78, 5) is 6.63. The Morgan fingerprint density at radius 2 is 2.38 bits per heavy atom. The van der Waals surface area contributed by atoms with Gasteiger partial charge in [0.2, 0.25) is 0 Å². The Morgan fingerprint density at radius 3 is 2.92 bits per heavy atom. The predicted octanol–water partition coefficient (Wildman–Crippen LogP) is 3.09. The molecule has 0 bridgehead atoms. The van der Waals surface area contributed by atoms with E-state index >= 15 is 0 Å². The van der Waals surface area contributed by atoms with Crippen molar-refractivity contribution < 1.29 is 0 Å². The number of nitrogens with zero attached hydrogens (tertiary/aromatic N) is 1. The summed E-state index contributed by atoms with van der Waals surface area (Å²) < 4.78 is 1.13. The molecule has 0 fully saturated rings. The Balaban J connectivity index is 2.41. The average molecular weight is 275 g/mol. The SMILES string of the molecule is NCc1ncc(-c2sccc2Br)s1. The van der Waals surface area contributed by atoms with Crippen LogP contribution in [0.25, 0.3) is 9.75 Å². The fourth-order valence-electron chi connectivity index (χ4n) is 0.979. The molecule has 0 atom stereocenters. The van der Waals surface area contributed by atoms with Crippen molar-refractivity contribution in [3.63, 3.8) is 0 Å². The van der Waals surface area contributed by atoms with Gasteiger partial charge in [0, 0.05) is 17.2 Å². The number of hydrogen-bond acceptors (Lipinski definition) is 4. The van der Waals surface area contributed by atoms with Crippen LogP contribution in [-0.4, -0.2) is 4.98 Å². The van der Waals surface area contributed by atoms with Crippen LogP contribution in [-0.2, 0) is 6.54 Å². The largest absolute Gasteiger partial charge is 0.325 e. The molecule has 2 aromatic rings. The number of thiophene rings is 1. The quantitative estimate of drug-likeness (QED) is 0.914. The van der Waals surface area contributed by atoms with E-state index in [4.69, 9.17) is 5.73 Å². The van der Waals surface area contributed by atoms with Gasteiger partial charge < -0.3 is 5.73 Å². The minimum absolute atomic E-state index is 0.521. The normalized spacial score (nSPS) is 10.6. The van der Waals surface area contributed by atoms with Crippen molar-refractivity contribution in [1.82, 2.24) is 4.98 Å². The van der Waals surface area contributed by atoms with Gasteiger partial charge in [0.05, 0.1) is 9.75 Å². The van der Waals surface area contributed by atoms with Crippen molar-refractivity contribution in [3.8, 4) is 9.75 Å². The van der Waals surface area contributed by atoms with E-state index in [1.54, 1.807) is 22.7 Å². The Kier molecular flexibility index (Phi) is 2.78. The first-order valence-electron chi connectivity index (χ1n) is 3.69. The zero-order valence-electron chi connectivity index (χ0n) is 6.66. The summed E-state index contributed by atoms with van der Waals surface area (Å²) in [6.07, 6.45) is 1.88. The maximum absolute atomic E-state index is 5.49. The van der Waals surface area contributed by atoms with Crippen molar-refractivity contribution in [3.05, 3.63) is 27.1 Å². The Hall–Kier alpha value is -0.230. The molecule has 2 heterocycles. The molecule has 0 aliphatic heterocycles. The van der Waals surface area contributed by atoms with E-state index in [9.17, 15) is 0 Å². The zero-order chi connectivity index (χ0) is 9.26. The molecule has 0 saturated heterocycles. The molecule has 2 N–H and O–H groups in total. The maximum Gasteiger partial charge on any atom is 0.107 e. The highest BCUT2D eigenvalue weighted by Gasteiger charge is 2.07. The molecule has 0 saturated carbocycles. The lowest BCUT2D eigenvalue weighted by Gasteiger charge is -1.90. The minimum Gasteiger partial charge on any atom is -0.325 e. The molecule has 0 spiro atoms. The van der Waals surface area contributed by atoms with Crippen LogP contribution in [0, 0.1) is 0 Å². The average Bonchev–Trinajstić information content (AvgIpc) is 2.71. The van der Waals surface area contributed by atoms with Gasteiger partial charge in [-0.3, -0.25) is 0 Å². The number of thiazole rings is 1. The van der Waals surface area contributed by atoms with Gasteiger partial charge in [-0.05, 0) is 27.4 Å². The highest BCUT2D eigenvalue weighted by atomic mass is 79.9. The van der Waals surface area contributed by atoms with Crippen molar-refractivity contribution in [2.24, 2.45) is 5.73 Å². The minimum atomic E-state index is 0.521. The van der Waals surface area contributed by atoms with Crippen LogP contribution in [0.4, 0.5) is 0 Å². The summed E-state index contributed by atoms with van der Waals surface area (Å²) in [5, 5.41) is 3.04. The second kappa shape index (κ2) is 3.88. The second-order valence-electron chi connectivity index (χ2n) is 2.42. The fourth-order valence-corrected chi connectivity index (χ4v) is 3.62. The summed E-state index contributed by atoms with van der Waals surface area (Å²) in [5.74, 6) is 0. The van der Waals surface area contributed by atoms with E-state index in [-0.39, 0.29) is 0 Å². The van der Waals surface area contributed by atoms with Crippen molar-refractivity contribution in [2.75, 3.05) is 0 Å². The first-order valence-corrected chi connectivity index (χ1v) is 6.18. The van der Waals surface area contributed by atoms with Gasteiger partial charge >= 0.3 is 0 Å². The molecular weight excluding hydrogens is 268 g/mol. The second-order valence-corrected chi connectivity index (χ2v) is 5.31. The molecule has 13 heavy (non-hydrogen) atoms. The Bertz CT molecular complexity index is 408. The molecule has 5 heteroatoms. The van der Waals surface area contributed by atoms with Crippen LogP contribution in [0.5, 0.6) is 0 Å². The monoisotopic (exact) mass is 274 g/mol. The van der Waals surface area contributed by atoms with Crippen molar-refractivity contribution in [1.29, 1.82) is 0 Å². The number of hydrogen-bond donors (Lipinski definition) is 1. The van der Waals surface area contributed by atoms with Crippen LogP contribution >= 0.6 is 38.6 Å². The zero-order valence-corrected chi connectivity index (χ0v) is 9.88. The van der Waals surface area contributed by atoms with E-state index in [0.29, 0.717) is 6.54 Å². The molecule has 68 valence electrons. The van der Waals surface area contributed by atoms with E-state index in [2.05, 4.69) is 26.3 Å². The van der Waals surface area contributed by atoms with Crippen LogP contribution in [0.2, 0.25) is 0 Å². The highest BCUT2D eigenvalue weighted by Crippen LogP contribution is 2.36. The van der Waals surface area contributed by atoms with E-state index in [1.165, 1.54) is 9.75 Å².